The molecule has 90 valence electrons. The van der Waals surface area contributed by atoms with E-state index < -0.39 is 0 Å². The molecule has 2 N–H and O–H groups in total. The van der Waals surface area contributed by atoms with Gasteiger partial charge in [0.15, 0.2) is 0 Å². The molecule has 0 aromatic heterocycles. The Bertz CT molecular complexity index is 474. The number of hydrogen-bond donors (Lipinski definition) is 1. The Hall–Kier alpha value is -1.54. The lowest BCUT2D eigenvalue weighted by molar-refractivity contribution is 0.756. The Balaban J connectivity index is 2.38. The summed E-state index contributed by atoms with van der Waals surface area (Å²) in [7, 11) is 0. The summed E-state index contributed by atoms with van der Waals surface area (Å²) in [5.41, 5.74) is 6.91. The van der Waals surface area contributed by atoms with E-state index in [1.807, 2.05) is 0 Å². The molecule has 0 saturated carbocycles. The first kappa shape index (κ1) is 11.9. The highest BCUT2D eigenvalue weighted by Gasteiger charge is 2.07. The molecule has 2 heteroatoms. The van der Waals surface area contributed by atoms with Gasteiger partial charge in [0.1, 0.15) is 0 Å². The van der Waals surface area contributed by atoms with Gasteiger partial charge in [-0.2, -0.15) is 0 Å². The quantitative estimate of drug-likeness (QED) is 0.852. The first-order valence-electron chi connectivity index (χ1n) is 6.29. The molecule has 2 nitrogen and oxygen atoms in total. The van der Waals surface area contributed by atoms with Gasteiger partial charge >= 0.3 is 0 Å². The Kier molecular flexibility index (Phi) is 3.99. The molecular weight excluding hydrogens is 208 g/mol. The van der Waals surface area contributed by atoms with Gasteiger partial charge in [-0.15, -0.1) is 0 Å². The maximum absolute atomic E-state index is 5.60. The summed E-state index contributed by atoms with van der Waals surface area (Å²) in [4.78, 5) is 2.40. The average molecular weight is 228 g/mol. The highest BCUT2D eigenvalue weighted by atomic mass is 15.1. The van der Waals surface area contributed by atoms with Crippen molar-refractivity contribution in [3.63, 3.8) is 0 Å². The lowest BCUT2D eigenvalue weighted by Gasteiger charge is -2.24. The van der Waals surface area contributed by atoms with E-state index in [0.717, 1.165) is 26.1 Å². The van der Waals surface area contributed by atoms with Crippen LogP contribution in [-0.4, -0.2) is 19.6 Å². The zero-order valence-electron chi connectivity index (χ0n) is 10.4. The van der Waals surface area contributed by atoms with Crippen LogP contribution >= 0.6 is 0 Å². The number of hydrogen-bond acceptors (Lipinski definition) is 2. The molecule has 0 aliphatic rings. The van der Waals surface area contributed by atoms with E-state index in [-0.39, 0.29) is 0 Å². The third-order valence-corrected chi connectivity index (χ3v) is 3.12. The molecule has 0 amide bonds. The van der Waals surface area contributed by atoms with Crippen LogP contribution in [0.2, 0.25) is 0 Å². The van der Waals surface area contributed by atoms with Crippen molar-refractivity contribution in [3.8, 4) is 0 Å². The van der Waals surface area contributed by atoms with Gasteiger partial charge in [0.2, 0.25) is 0 Å². The SMILES string of the molecule is CCN(CCCN)c1cccc2ccccc12. The molecule has 0 fully saturated rings. The van der Waals surface area contributed by atoms with Crippen molar-refractivity contribution >= 4 is 16.5 Å². The second-order valence-electron chi connectivity index (χ2n) is 4.22. The number of fused-ring (bicyclic) bond motifs is 1. The second-order valence-corrected chi connectivity index (χ2v) is 4.22. The van der Waals surface area contributed by atoms with Crippen LogP contribution in [0, 0.1) is 0 Å². The summed E-state index contributed by atoms with van der Waals surface area (Å²) in [6, 6.07) is 15.0. The van der Waals surface area contributed by atoms with Gasteiger partial charge in [-0.3, -0.25) is 0 Å². The minimum atomic E-state index is 0.751. The third-order valence-electron chi connectivity index (χ3n) is 3.12. The third kappa shape index (κ3) is 2.59. The Morgan fingerprint density at radius 3 is 2.59 bits per heavy atom. The van der Waals surface area contributed by atoms with Gasteiger partial charge in [-0.25, -0.2) is 0 Å². The fourth-order valence-electron chi connectivity index (χ4n) is 2.22. The lowest BCUT2D eigenvalue weighted by atomic mass is 10.1. The molecule has 2 aromatic rings. The number of nitrogens with zero attached hydrogens (tertiary/aromatic N) is 1. The molecule has 0 atom stereocenters. The fraction of sp³-hybridized carbons (Fsp3) is 0.333. The first-order chi connectivity index (χ1) is 8.36. The van der Waals surface area contributed by atoms with E-state index in [2.05, 4.69) is 54.3 Å². The van der Waals surface area contributed by atoms with E-state index in [0.29, 0.717) is 0 Å². The Morgan fingerprint density at radius 2 is 1.82 bits per heavy atom. The van der Waals surface area contributed by atoms with Gasteiger partial charge in [-0.05, 0) is 31.3 Å². The number of rotatable bonds is 5. The summed E-state index contributed by atoms with van der Waals surface area (Å²) in [5, 5.41) is 2.63. The van der Waals surface area contributed by atoms with Gasteiger partial charge in [-0.1, -0.05) is 36.4 Å². The largest absolute Gasteiger partial charge is 0.371 e. The molecule has 0 saturated heterocycles. The van der Waals surface area contributed by atoms with Crippen molar-refractivity contribution in [2.75, 3.05) is 24.5 Å². The second kappa shape index (κ2) is 5.69. The molecule has 0 heterocycles. The normalized spacial score (nSPS) is 10.7. The van der Waals surface area contributed by atoms with E-state index in [1.165, 1.54) is 16.5 Å². The maximum Gasteiger partial charge on any atom is 0.0445 e. The van der Waals surface area contributed by atoms with Crippen molar-refractivity contribution in [1.82, 2.24) is 0 Å². The van der Waals surface area contributed by atoms with Gasteiger partial charge in [0.25, 0.3) is 0 Å². The van der Waals surface area contributed by atoms with E-state index >= 15 is 0 Å². The minimum Gasteiger partial charge on any atom is -0.371 e. The van der Waals surface area contributed by atoms with Gasteiger partial charge < -0.3 is 10.6 Å². The van der Waals surface area contributed by atoms with Crippen molar-refractivity contribution in [2.45, 2.75) is 13.3 Å². The molecule has 0 unspecified atom stereocenters. The summed E-state index contributed by atoms with van der Waals surface area (Å²) >= 11 is 0. The van der Waals surface area contributed by atoms with Gasteiger partial charge in [0.05, 0.1) is 0 Å². The van der Waals surface area contributed by atoms with Crippen LogP contribution in [-0.2, 0) is 0 Å². The molecule has 0 aliphatic carbocycles. The van der Waals surface area contributed by atoms with Crippen LogP contribution < -0.4 is 10.6 Å². The van der Waals surface area contributed by atoms with Crippen molar-refractivity contribution in [2.24, 2.45) is 5.73 Å². The molecular formula is C15H20N2. The molecule has 0 spiro atoms. The number of nitrogens with two attached hydrogens (primary N) is 1. The number of benzene rings is 2. The van der Waals surface area contributed by atoms with Crippen LogP contribution in [0.3, 0.4) is 0 Å². The van der Waals surface area contributed by atoms with Crippen LogP contribution in [0.1, 0.15) is 13.3 Å². The molecule has 2 rings (SSSR count). The number of anilines is 1. The summed E-state index contributed by atoms with van der Waals surface area (Å²) in [6.07, 6.45) is 1.04. The molecule has 17 heavy (non-hydrogen) atoms. The highest BCUT2D eigenvalue weighted by molar-refractivity contribution is 5.94. The van der Waals surface area contributed by atoms with Crippen LogP contribution in [0.25, 0.3) is 10.8 Å². The first-order valence-corrected chi connectivity index (χ1v) is 6.29. The zero-order valence-corrected chi connectivity index (χ0v) is 10.4. The molecule has 0 aliphatic heterocycles. The highest BCUT2D eigenvalue weighted by Crippen LogP contribution is 2.26. The van der Waals surface area contributed by atoms with Gasteiger partial charge in [0, 0.05) is 24.2 Å². The maximum atomic E-state index is 5.60. The average Bonchev–Trinajstić information content (AvgIpc) is 2.40. The minimum absolute atomic E-state index is 0.751. The monoisotopic (exact) mass is 228 g/mol. The lowest BCUT2D eigenvalue weighted by Crippen LogP contribution is -2.25. The van der Waals surface area contributed by atoms with Crippen molar-refractivity contribution < 1.29 is 0 Å². The standard InChI is InChI=1S/C15H20N2/c1-2-17(12-6-11-16)15-10-5-8-13-7-3-4-9-14(13)15/h3-5,7-10H,2,6,11-12,16H2,1H3. The summed E-state index contributed by atoms with van der Waals surface area (Å²) < 4.78 is 0. The zero-order chi connectivity index (χ0) is 12.1. The van der Waals surface area contributed by atoms with E-state index in [9.17, 15) is 0 Å². The van der Waals surface area contributed by atoms with Crippen molar-refractivity contribution in [1.29, 1.82) is 0 Å². The van der Waals surface area contributed by atoms with Crippen LogP contribution in [0.15, 0.2) is 42.5 Å². The van der Waals surface area contributed by atoms with Crippen molar-refractivity contribution in [3.05, 3.63) is 42.5 Å². The Labute approximate surface area is 103 Å². The molecule has 0 bridgehead atoms. The smallest absolute Gasteiger partial charge is 0.0445 e. The predicted molar refractivity (Wildman–Crippen MR) is 75.5 cm³/mol. The Morgan fingerprint density at radius 1 is 1.06 bits per heavy atom. The van der Waals surface area contributed by atoms with Crippen LogP contribution in [0.5, 0.6) is 0 Å². The summed E-state index contributed by atoms with van der Waals surface area (Å²) in [5.74, 6) is 0. The predicted octanol–water partition coefficient (Wildman–Crippen LogP) is 3.01. The molecule has 2 aromatic carbocycles. The van der Waals surface area contributed by atoms with E-state index in [1.54, 1.807) is 0 Å². The van der Waals surface area contributed by atoms with E-state index in [4.69, 9.17) is 5.73 Å². The topological polar surface area (TPSA) is 29.3 Å². The van der Waals surface area contributed by atoms with Crippen LogP contribution in [0.4, 0.5) is 5.69 Å². The molecule has 0 radical (unpaired) electrons. The fourth-order valence-corrected chi connectivity index (χ4v) is 2.22. The summed E-state index contributed by atoms with van der Waals surface area (Å²) in [6.45, 7) is 4.99.